The summed E-state index contributed by atoms with van der Waals surface area (Å²) in [6, 6.07) is 9.88. The molecule has 0 saturated heterocycles. The third-order valence-electron chi connectivity index (χ3n) is 2.71. The second-order valence-electron chi connectivity index (χ2n) is 3.91. The fourth-order valence-corrected chi connectivity index (χ4v) is 1.34. The first-order valence-electron chi connectivity index (χ1n) is 4.99. The number of aryl methyl sites for hydroxylation is 1. The number of rotatable bonds is 5. The lowest BCUT2D eigenvalue weighted by atomic mass is 9.84. The van der Waals surface area contributed by atoms with Gasteiger partial charge in [0.1, 0.15) is 0 Å². The highest BCUT2D eigenvalue weighted by Crippen LogP contribution is 2.25. The molecule has 0 spiro atoms. The van der Waals surface area contributed by atoms with Crippen LogP contribution in [0.4, 0.5) is 0 Å². The van der Waals surface area contributed by atoms with Crippen LogP contribution in [0, 0.1) is 5.41 Å². The average molecular weight is 204 g/mol. The highest BCUT2D eigenvalue weighted by atomic mass is 16.4. The SMILES string of the molecule is C=CC(C)(CCc1ccccc1)C(=O)O. The molecular formula is C13H16O2. The molecule has 80 valence electrons. The van der Waals surface area contributed by atoms with Gasteiger partial charge in [-0.15, -0.1) is 6.58 Å². The highest BCUT2D eigenvalue weighted by Gasteiger charge is 2.28. The summed E-state index contributed by atoms with van der Waals surface area (Å²) < 4.78 is 0. The molecular weight excluding hydrogens is 188 g/mol. The molecule has 0 bridgehead atoms. The largest absolute Gasteiger partial charge is 0.481 e. The van der Waals surface area contributed by atoms with Crippen LogP contribution < -0.4 is 0 Å². The number of carboxylic acids is 1. The van der Waals surface area contributed by atoms with Crippen LogP contribution in [-0.4, -0.2) is 11.1 Å². The lowest BCUT2D eigenvalue weighted by Gasteiger charge is -2.19. The van der Waals surface area contributed by atoms with Crippen LogP contribution in [0.1, 0.15) is 18.9 Å². The molecule has 1 aromatic carbocycles. The predicted octanol–water partition coefficient (Wildman–Crippen LogP) is 2.90. The molecule has 1 aromatic rings. The van der Waals surface area contributed by atoms with Crippen molar-refractivity contribution in [1.82, 2.24) is 0 Å². The molecule has 1 rings (SSSR count). The highest BCUT2D eigenvalue weighted by molar-refractivity contribution is 5.76. The van der Waals surface area contributed by atoms with Crippen molar-refractivity contribution in [3.8, 4) is 0 Å². The Balaban J connectivity index is 2.63. The Morgan fingerprint density at radius 2 is 2.07 bits per heavy atom. The van der Waals surface area contributed by atoms with Crippen LogP contribution >= 0.6 is 0 Å². The van der Waals surface area contributed by atoms with Crippen LogP contribution in [-0.2, 0) is 11.2 Å². The Morgan fingerprint density at radius 3 is 2.53 bits per heavy atom. The lowest BCUT2D eigenvalue weighted by Crippen LogP contribution is -2.25. The van der Waals surface area contributed by atoms with Crippen molar-refractivity contribution in [2.75, 3.05) is 0 Å². The van der Waals surface area contributed by atoms with Gasteiger partial charge in [-0.3, -0.25) is 4.79 Å². The van der Waals surface area contributed by atoms with Crippen molar-refractivity contribution in [2.45, 2.75) is 19.8 Å². The second kappa shape index (κ2) is 4.78. The number of carbonyl (C=O) groups is 1. The summed E-state index contributed by atoms with van der Waals surface area (Å²) in [6.07, 6.45) is 2.85. The Labute approximate surface area is 90.3 Å². The maximum Gasteiger partial charge on any atom is 0.313 e. The molecule has 2 heteroatoms. The molecule has 0 aliphatic carbocycles. The molecule has 0 aliphatic rings. The first-order chi connectivity index (χ1) is 7.08. The van der Waals surface area contributed by atoms with Gasteiger partial charge >= 0.3 is 5.97 Å². The maximum absolute atomic E-state index is 11.0. The summed E-state index contributed by atoms with van der Waals surface area (Å²) in [4.78, 5) is 11.0. The molecule has 0 aliphatic heterocycles. The summed E-state index contributed by atoms with van der Waals surface area (Å²) in [5, 5.41) is 9.04. The Hall–Kier alpha value is -1.57. The van der Waals surface area contributed by atoms with Gasteiger partial charge in [-0.1, -0.05) is 36.4 Å². The predicted molar refractivity (Wildman–Crippen MR) is 60.7 cm³/mol. The number of hydrogen-bond acceptors (Lipinski definition) is 1. The second-order valence-corrected chi connectivity index (χ2v) is 3.91. The minimum Gasteiger partial charge on any atom is -0.481 e. The minimum absolute atomic E-state index is 0.579. The summed E-state index contributed by atoms with van der Waals surface area (Å²) in [5.74, 6) is -0.812. The molecule has 0 fully saturated rings. The maximum atomic E-state index is 11.0. The standard InChI is InChI=1S/C13H16O2/c1-3-13(2,12(14)15)10-9-11-7-5-4-6-8-11/h3-8H,1,9-10H2,2H3,(H,14,15). The van der Waals surface area contributed by atoms with Crippen LogP contribution in [0.5, 0.6) is 0 Å². The molecule has 15 heavy (non-hydrogen) atoms. The van der Waals surface area contributed by atoms with Gasteiger partial charge in [0.15, 0.2) is 0 Å². The minimum atomic E-state index is -0.824. The fraction of sp³-hybridized carbons (Fsp3) is 0.308. The van der Waals surface area contributed by atoms with Gasteiger partial charge < -0.3 is 5.11 Å². The van der Waals surface area contributed by atoms with E-state index in [0.717, 1.165) is 12.0 Å². The van der Waals surface area contributed by atoms with Crippen molar-refractivity contribution in [1.29, 1.82) is 0 Å². The third kappa shape index (κ3) is 2.94. The Kier molecular flexibility index (Phi) is 3.67. The molecule has 0 radical (unpaired) electrons. The number of aliphatic carboxylic acids is 1. The van der Waals surface area contributed by atoms with E-state index in [1.165, 1.54) is 6.08 Å². The topological polar surface area (TPSA) is 37.3 Å². The van der Waals surface area contributed by atoms with E-state index in [1.807, 2.05) is 30.3 Å². The van der Waals surface area contributed by atoms with Crippen LogP contribution in [0.25, 0.3) is 0 Å². The Morgan fingerprint density at radius 1 is 1.47 bits per heavy atom. The Bertz CT molecular complexity index is 343. The van der Waals surface area contributed by atoms with E-state index in [2.05, 4.69) is 6.58 Å². The summed E-state index contributed by atoms with van der Waals surface area (Å²) in [6.45, 7) is 5.29. The summed E-state index contributed by atoms with van der Waals surface area (Å²) in [5.41, 5.74) is 0.336. The first kappa shape index (κ1) is 11.5. The van der Waals surface area contributed by atoms with Gasteiger partial charge in [-0.25, -0.2) is 0 Å². The van der Waals surface area contributed by atoms with Gasteiger partial charge in [0.2, 0.25) is 0 Å². The molecule has 1 unspecified atom stereocenters. The lowest BCUT2D eigenvalue weighted by molar-refractivity contribution is -0.145. The molecule has 0 amide bonds. The van der Waals surface area contributed by atoms with Gasteiger partial charge in [-0.2, -0.15) is 0 Å². The molecule has 0 aromatic heterocycles. The van der Waals surface area contributed by atoms with E-state index in [4.69, 9.17) is 5.11 Å². The zero-order valence-corrected chi connectivity index (χ0v) is 8.94. The molecule has 1 N–H and O–H groups in total. The quantitative estimate of drug-likeness (QED) is 0.749. The fourth-order valence-electron chi connectivity index (χ4n) is 1.34. The summed E-state index contributed by atoms with van der Waals surface area (Å²) in [7, 11) is 0. The monoisotopic (exact) mass is 204 g/mol. The van der Waals surface area contributed by atoms with Crippen LogP contribution in [0.2, 0.25) is 0 Å². The zero-order chi connectivity index (χ0) is 11.3. The normalized spacial score (nSPS) is 14.2. The summed E-state index contributed by atoms with van der Waals surface area (Å²) >= 11 is 0. The van der Waals surface area contributed by atoms with Crippen molar-refractivity contribution in [3.63, 3.8) is 0 Å². The van der Waals surface area contributed by atoms with E-state index in [9.17, 15) is 4.79 Å². The van der Waals surface area contributed by atoms with Crippen molar-refractivity contribution in [3.05, 3.63) is 48.6 Å². The zero-order valence-electron chi connectivity index (χ0n) is 8.94. The third-order valence-corrected chi connectivity index (χ3v) is 2.71. The molecule has 1 atom stereocenters. The van der Waals surface area contributed by atoms with Gasteiger partial charge in [-0.05, 0) is 25.3 Å². The number of hydrogen-bond donors (Lipinski definition) is 1. The van der Waals surface area contributed by atoms with E-state index in [0.29, 0.717) is 6.42 Å². The molecule has 2 nitrogen and oxygen atoms in total. The van der Waals surface area contributed by atoms with E-state index < -0.39 is 11.4 Å². The van der Waals surface area contributed by atoms with Crippen molar-refractivity contribution in [2.24, 2.45) is 5.41 Å². The van der Waals surface area contributed by atoms with Gasteiger partial charge in [0.05, 0.1) is 5.41 Å². The van der Waals surface area contributed by atoms with Crippen LogP contribution in [0.3, 0.4) is 0 Å². The van der Waals surface area contributed by atoms with E-state index in [1.54, 1.807) is 6.92 Å². The average Bonchev–Trinajstić information content (AvgIpc) is 2.27. The smallest absolute Gasteiger partial charge is 0.313 e. The van der Waals surface area contributed by atoms with Crippen LogP contribution in [0.15, 0.2) is 43.0 Å². The molecule has 0 saturated carbocycles. The number of carboxylic acid groups (broad SMARTS) is 1. The van der Waals surface area contributed by atoms with Crippen molar-refractivity contribution < 1.29 is 9.90 Å². The van der Waals surface area contributed by atoms with Crippen molar-refractivity contribution >= 4 is 5.97 Å². The van der Waals surface area contributed by atoms with E-state index in [-0.39, 0.29) is 0 Å². The van der Waals surface area contributed by atoms with Gasteiger partial charge in [0, 0.05) is 0 Å². The number of benzene rings is 1. The van der Waals surface area contributed by atoms with Gasteiger partial charge in [0.25, 0.3) is 0 Å². The molecule has 0 heterocycles. The first-order valence-corrected chi connectivity index (χ1v) is 4.99. The van der Waals surface area contributed by atoms with E-state index >= 15 is 0 Å².